The van der Waals surface area contributed by atoms with Crippen LogP contribution in [0, 0.1) is 0 Å². The van der Waals surface area contributed by atoms with Gasteiger partial charge in [-0.05, 0) is 18.1 Å². The molecule has 0 aliphatic rings. The van der Waals surface area contributed by atoms with Gasteiger partial charge in [-0.3, -0.25) is 0 Å². The molecule has 0 aromatic heterocycles. The lowest BCUT2D eigenvalue weighted by Gasteiger charge is -2.10. The number of phenolic OH excluding ortho intramolecular Hbond substituents is 1. The first kappa shape index (κ1) is 9.71. The van der Waals surface area contributed by atoms with Crippen molar-refractivity contribution in [2.24, 2.45) is 0 Å². The molecule has 0 saturated carbocycles. The van der Waals surface area contributed by atoms with Crippen molar-refractivity contribution in [3.63, 3.8) is 0 Å². The van der Waals surface area contributed by atoms with Crippen molar-refractivity contribution in [3.05, 3.63) is 17.7 Å². The van der Waals surface area contributed by atoms with Gasteiger partial charge in [-0.1, -0.05) is 6.92 Å². The number of phenols is 1. The smallest absolute Gasteiger partial charge is 0.164 e. The van der Waals surface area contributed by atoms with Crippen LogP contribution in [0.5, 0.6) is 17.2 Å². The topological polar surface area (TPSA) is 38.7 Å². The van der Waals surface area contributed by atoms with Crippen molar-refractivity contribution >= 4 is 0 Å². The van der Waals surface area contributed by atoms with E-state index in [4.69, 9.17) is 9.47 Å². The molecule has 1 rings (SSSR count). The van der Waals surface area contributed by atoms with Crippen LogP contribution < -0.4 is 9.47 Å². The Morgan fingerprint density at radius 1 is 1.15 bits per heavy atom. The van der Waals surface area contributed by atoms with Gasteiger partial charge in [0.15, 0.2) is 11.5 Å². The van der Waals surface area contributed by atoms with Gasteiger partial charge in [0.05, 0.1) is 14.2 Å². The van der Waals surface area contributed by atoms with Crippen molar-refractivity contribution in [2.75, 3.05) is 14.2 Å². The number of hydrogen-bond donors (Lipinski definition) is 1. The predicted molar refractivity (Wildman–Crippen MR) is 50.6 cm³/mol. The van der Waals surface area contributed by atoms with Crippen molar-refractivity contribution in [1.82, 2.24) is 0 Å². The molecule has 3 nitrogen and oxygen atoms in total. The maximum atomic E-state index is 9.46. The van der Waals surface area contributed by atoms with E-state index in [1.807, 2.05) is 6.92 Å². The van der Waals surface area contributed by atoms with Gasteiger partial charge in [0.1, 0.15) is 5.75 Å². The van der Waals surface area contributed by atoms with E-state index < -0.39 is 0 Å². The maximum Gasteiger partial charge on any atom is 0.164 e. The molecule has 0 heterocycles. The van der Waals surface area contributed by atoms with E-state index in [1.165, 1.54) is 7.11 Å². The van der Waals surface area contributed by atoms with Gasteiger partial charge < -0.3 is 14.6 Å². The van der Waals surface area contributed by atoms with Crippen LogP contribution in [0.25, 0.3) is 0 Å². The van der Waals surface area contributed by atoms with Crippen molar-refractivity contribution < 1.29 is 14.6 Å². The molecule has 0 aliphatic carbocycles. The second-order valence-electron chi connectivity index (χ2n) is 2.69. The summed E-state index contributed by atoms with van der Waals surface area (Å²) in [4.78, 5) is 0. The molecule has 0 unspecified atom stereocenters. The van der Waals surface area contributed by atoms with Crippen LogP contribution in [0.4, 0.5) is 0 Å². The summed E-state index contributed by atoms with van der Waals surface area (Å²) in [5, 5.41) is 9.46. The first-order valence-electron chi connectivity index (χ1n) is 4.16. The van der Waals surface area contributed by atoms with Crippen LogP contribution >= 0.6 is 0 Å². The predicted octanol–water partition coefficient (Wildman–Crippen LogP) is 1.97. The highest BCUT2D eigenvalue weighted by Crippen LogP contribution is 2.33. The van der Waals surface area contributed by atoms with E-state index in [1.54, 1.807) is 19.2 Å². The Balaban J connectivity index is 3.18. The summed E-state index contributed by atoms with van der Waals surface area (Å²) in [5.74, 6) is 1.34. The molecule has 0 saturated heterocycles. The van der Waals surface area contributed by atoms with E-state index >= 15 is 0 Å². The lowest BCUT2D eigenvalue weighted by Crippen LogP contribution is -1.92. The van der Waals surface area contributed by atoms with Gasteiger partial charge in [0.2, 0.25) is 0 Å². The van der Waals surface area contributed by atoms with Crippen LogP contribution in [0.3, 0.4) is 0 Å². The molecule has 0 amide bonds. The number of aryl methyl sites for hydroxylation is 1. The second-order valence-corrected chi connectivity index (χ2v) is 2.69. The van der Waals surface area contributed by atoms with E-state index in [9.17, 15) is 5.11 Å². The average Bonchev–Trinajstić information content (AvgIpc) is 2.17. The van der Waals surface area contributed by atoms with Crippen LogP contribution in [0.2, 0.25) is 0 Å². The van der Waals surface area contributed by atoms with E-state index in [-0.39, 0.29) is 5.75 Å². The Morgan fingerprint density at radius 3 is 2.23 bits per heavy atom. The fraction of sp³-hybridized carbons (Fsp3) is 0.400. The largest absolute Gasteiger partial charge is 0.504 e. The number of aromatic hydroxyl groups is 1. The van der Waals surface area contributed by atoms with Crippen LogP contribution in [0.15, 0.2) is 12.1 Å². The standard InChI is InChI=1S/C10H14O3/c1-4-7-5-8(11)10(13-3)6-9(7)12-2/h5-6,11H,4H2,1-3H3. The molecule has 1 aromatic rings. The summed E-state index contributed by atoms with van der Waals surface area (Å²) < 4.78 is 10.1. The summed E-state index contributed by atoms with van der Waals surface area (Å²) in [6.07, 6.45) is 0.820. The zero-order valence-corrected chi connectivity index (χ0v) is 8.13. The lowest BCUT2D eigenvalue weighted by molar-refractivity contribution is 0.362. The summed E-state index contributed by atoms with van der Waals surface area (Å²) in [6.45, 7) is 2.00. The number of ether oxygens (including phenoxy) is 2. The highest BCUT2D eigenvalue weighted by Gasteiger charge is 2.08. The zero-order chi connectivity index (χ0) is 9.84. The molecule has 13 heavy (non-hydrogen) atoms. The van der Waals surface area contributed by atoms with Gasteiger partial charge in [0.25, 0.3) is 0 Å². The molecule has 0 radical (unpaired) electrons. The van der Waals surface area contributed by atoms with Crippen LogP contribution in [-0.4, -0.2) is 19.3 Å². The highest BCUT2D eigenvalue weighted by atomic mass is 16.5. The average molecular weight is 182 g/mol. The Morgan fingerprint density at radius 2 is 1.77 bits per heavy atom. The Kier molecular flexibility index (Phi) is 3.01. The van der Waals surface area contributed by atoms with Crippen molar-refractivity contribution in [3.8, 4) is 17.2 Å². The summed E-state index contributed by atoms with van der Waals surface area (Å²) in [6, 6.07) is 3.35. The second kappa shape index (κ2) is 4.03. The number of rotatable bonds is 3. The minimum absolute atomic E-state index is 0.153. The van der Waals surface area contributed by atoms with Crippen LogP contribution in [0.1, 0.15) is 12.5 Å². The van der Waals surface area contributed by atoms with Gasteiger partial charge in [-0.15, -0.1) is 0 Å². The molecular weight excluding hydrogens is 168 g/mol. The quantitative estimate of drug-likeness (QED) is 0.776. The Hall–Kier alpha value is -1.38. The Labute approximate surface area is 77.9 Å². The minimum atomic E-state index is 0.153. The van der Waals surface area contributed by atoms with Crippen molar-refractivity contribution in [2.45, 2.75) is 13.3 Å². The SMILES string of the molecule is CCc1cc(O)c(OC)cc1OC. The lowest BCUT2D eigenvalue weighted by atomic mass is 10.1. The van der Waals surface area contributed by atoms with Crippen LogP contribution in [-0.2, 0) is 6.42 Å². The fourth-order valence-electron chi connectivity index (χ4n) is 1.22. The summed E-state index contributed by atoms with van der Waals surface area (Å²) >= 11 is 0. The minimum Gasteiger partial charge on any atom is -0.504 e. The molecule has 0 fully saturated rings. The normalized spacial score (nSPS) is 9.77. The third-order valence-corrected chi connectivity index (χ3v) is 1.96. The molecule has 1 aromatic carbocycles. The molecule has 3 heteroatoms. The molecule has 0 atom stereocenters. The third-order valence-electron chi connectivity index (χ3n) is 1.96. The zero-order valence-electron chi connectivity index (χ0n) is 8.13. The fourth-order valence-corrected chi connectivity index (χ4v) is 1.22. The molecule has 0 spiro atoms. The first-order valence-corrected chi connectivity index (χ1v) is 4.16. The molecule has 72 valence electrons. The number of hydrogen-bond acceptors (Lipinski definition) is 3. The molecule has 1 N–H and O–H groups in total. The first-order chi connectivity index (χ1) is 6.22. The van der Waals surface area contributed by atoms with Gasteiger partial charge in [0, 0.05) is 6.07 Å². The van der Waals surface area contributed by atoms with Gasteiger partial charge in [-0.2, -0.15) is 0 Å². The van der Waals surface area contributed by atoms with Gasteiger partial charge >= 0.3 is 0 Å². The maximum absolute atomic E-state index is 9.46. The van der Waals surface area contributed by atoms with Crippen molar-refractivity contribution in [1.29, 1.82) is 0 Å². The monoisotopic (exact) mass is 182 g/mol. The van der Waals surface area contributed by atoms with E-state index in [0.29, 0.717) is 5.75 Å². The van der Waals surface area contributed by atoms with Gasteiger partial charge in [-0.25, -0.2) is 0 Å². The molecule has 0 aliphatic heterocycles. The number of methoxy groups -OCH3 is 2. The molecular formula is C10H14O3. The summed E-state index contributed by atoms with van der Waals surface area (Å²) in [5.41, 5.74) is 0.973. The Bertz CT molecular complexity index is 294. The number of benzene rings is 1. The third kappa shape index (κ3) is 1.86. The van der Waals surface area contributed by atoms with E-state index in [0.717, 1.165) is 17.7 Å². The highest BCUT2D eigenvalue weighted by molar-refractivity contribution is 5.49. The molecule has 0 bridgehead atoms. The summed E-state index contributed by atoms with van der Waals surface area (Å²) in [7, 11) is 3.12. The van der Waals surface area contributed by atoms with E-state index in [2.05, 4.69) is 0 Å².